The molecule has 1 aromatic rings. The number of hydrogen-bond donors (Lipinski definition) is 2. The summed E-state index contributed by atoms with van der Waals surface area (Å²) in [6.07, 6.45) is 0.513. The van der Waals surface area contributed by atoms with Crippen LogP contribution in [0.1, 0.15) is 29.8 Å². The molecule has 1 aromatic heterocycles. The highest BCUT2D eigenvalue weighted by atomic mass is 16.5. The third-order valence-electron chi connectivity index (χ3n) is 2.96. The van der Waals surface area contributed by atoms with Crippen molar-refractivity contribution in [2.75, 3.05) is 19.8 Å². The van der Waals surface area contributed by atoms with Gasteiger partial charge in [0.05, 0.1) is 25.7 Å². The van der Waals surface area contributed by atoms with Gasteiger partial charge in [0, 0.05) is 13.0 Å². The Labute approximate surface area is 109 Å². The zero-order chi connectivity index (χ0) is 13.8. The van der Waals surface area contributed by atoms with Crippen LogP contribution < -0.4 is 0 Å². The predicted molar refractivity (Wildman–Crippen MR) is 63.7 cm³/mol. The maximum atomic E-state index is 12.3. The minimum Gasteiger partial charge on any atom is -0.481 e. The van der Waals surface area contributed by atoms with Crippen molar-refractivity contribution in [3.63, 3.8) is 0 Å². The lowest BCUT2D eigenvalue weighted by Crippen LogP contribution is -2.49. The maximum Gasteiger partial charge on any atom is 0.305 e. The number of amides is 1. The predicted octanol–water partition coefficient (Wildman–Crippen LogP) is -0.317. The summed E-state index contributed by atoms with van der Waals surface area (Å²) in [5, 5.41) is 15.4. The van der Waals surface area contributed by atoms with E-state index in [-0.39, 0.29) is 24.8 Å². The van der Waals surface area contributed by atoms with E-state index in [9.17, 15) is 9.59 Å². The van der Waals surface area contributed by atoms with Gasteiger partial charge in [0.1, 0.15) is 5.82 Å². The normalized spacial score (nSPS) is 19.4. The molecule has 0 radical (unpaired) electrons. The first-order valence-corrected chi connectivity index (χ1v) is 6.13. The molecule has 1 amide bonds. The Bertz CT molecular complexity index is 473. The zero-order valence-electron chi connectivity index (χ0n) is 10.6. The number of ether oxygens (including phenoxy) is 1. The Hall–Kier alpha value is -1.96. The molecule has 8 nitrogen and oxygen atoms in total. The number of carbonyl (C=O) groups is 2. The largest absolute Gasteiger partial charge is 0.481 e. The molecule has 1 aliphatic heterocycles. The number of aromatic nitrogens is 3. The van der Waals surface area contributed by atoms with E-state index < -0.39 is 12.0 Å². The van der Waals surface area contributed by atoms with Crippen molar-refractivity contribution in [1.29, 1.82) is 0 Å². The molecular formula is C11H16N4O4. The summed E-state index contributed by atoms with van der Waals surface area (Å²) in [5.41, 5.74) is 0. The fraction of sp³-hybridized carbons (Fsp3) is 0.636. The van der Waals surface area contributed by atoms with Gasteiger partial charge in [-0.3, -0.25) is 14.7 Å². The molecular weight excluding hydrogens is 252 g/mol. The Morgan fingerprint density at radius 1 is 1.58 bits per heavy atom. The van der Waals surface area contributed by atoms with Crippen LogP contribution in [0.2, 0.25) is 0 Å². The number of aliphatic carboxylic acids is 1. The maximum absolute atomic E-state index is 12.3. The van der Waals surface area contributed by atoms with Crippen LogP contribution in [0.25, 0.3) is 0 Å². The highest BCUT2D eigenvalue weighted by molar-refractivity contribution is 5.91. The van der Waals surface area contributed by atoms with Crippen LogP contribution in [-0.2, 0) is 16.0 Å². The highest BCUT2D eigenvalue weighted by Crippen LogP contribution is 2.13. The van der Waals surface area contributed by atoms with E-state index in [1.54, 1.807) is 0 Å². The number of carbonyl (C=O) groups excluding carboxylic acids is 1. The lowest BCUT2D eigenvalue weighted by atomic mass is 10.1. The molecule has 19 heavy (non-hydrogen) atoms. The van der Waals surface area contributed by atoms with Gasteiger partial charge in [-0.1, -0.05) is 6.92 Å². The van der Waals surface area contributed by atoms with Crippen molar-refractivity contribution in [1.82, 2.24) is 20.1 Å². The number of morpholine rings is 1. The van der Waals surface area contributed by atoms with Crippen molar-refractivity contribution in [3.8, 4) is 0 Å². The molecule has 8 heteroatoms. The number of nitrogens with zero attached hydrogens (tertiary/aromatic N) is 3. The van der Waals surface area contributed by atoms with Crippen molar-refractivity contribution in [3.05, 3.63) is 11.6 Å². The van der Waals surface area contributed by atoms with E-state index >= 15 is 0 Å². The van der Waals surface area contributed by atoms with Crippen LogP contribution in [0.4, 0.5) is 0 Å². The number of aryl methyl sites for hydroxylation is 1. The lowest BCUT2D eigenvalue weighted by molar-refractivity contribution is -0.139. The van der Waals surface area contributed by atoms with Gasteiger partial charge in [-0.15, -0.1) is 5.10 Å². The molecule has 0 aromatic carbocycles. The quantitative estimate of drug-likeness (QED) is 0.775. The van der Waals surface area contributed by atoms with Crippen molar-refractivity contribution in [2.45, 2.75) is 25.8 Å². The first-order chi connectivity index (χ1) is 9.11. The van der Waals surface area contributed by atoms with Gasteiger partial charge >= 0.3 is 5.97 Å². The van der Waals surface area contributed by atoms with Crippen molar-refractivity contribution < 1.29 is 19.4 Å². The molecule has 0 spiro atoms. The monoisotopic (exact) mass is 268 g/mol. The van der Waals surface area contributed by atoms with Crippen LogP contribution in [0.3, 0.4) is 0 Å². The number of nitrogens with one attached hydrogen (secondary N) is 1. The van der Waals surface area contributed by atoms with E-state index in [2.05, 4.69) is 15.2 Å². The first-order valence-electron chi connectivity index (χ1n) is 6.13. The second-order valence-electron chi connectivity index (χ2n) is 4.28. The minimum absolute atomic E-state index is 0.0779. The minimum atomic E-state index is -0.961. The van der Waals surface area contributed by atoms with Crippen LogP contribution in [0.5, 0.6) is 0 Å². The number of hydrogen-bond acceptors (Lipinski definition) is 5. The summed E-state index contributed by atoms with van der Waals surface area (Å²) in [5.74, 6) is -0.608. The van der Waals surface area contributed by atoms with E-state index in [0.29, 0.717) is 25.4 Å². The van der Waals surface area contributed by atoms with Crippen molar-refractivity contribution >= 4 is 11.9 Å². The van der Waals surface area contributed by atoms with Gasteiger partial charge in [0.15, 0.2) is 0 Å². The van der Waals surface area contributed by atoms with Gasteiger partial charge < -0.3 is 14.7 Å². The van der Waals surface area contributed by atoms with Gasteiger partial charge in [-0.05, 0) is 0 Å². The zero-order valence-corrected chi connectivity index (χ0v) is 10.6. The van der Waals surface area contributed by atoms with Crippen LogP contribution in [0, 0.1) is 0 Å². The molecule has 1 atom stereocenters. The summed E-state index contributed by atoms with van der Waals surface area (Å²) >= 11 is 0. The van der Waals surface area contributed by atoms with Gasteiger partial charge in [0.25, 0.3) is 5.91 Å². The Kier molecular flexibility index (Phi) is 4.10. The standard InChI is InChI=1S/C11H16N4O4/c1-2-8-12-10(14-13-8)11(18)15-3-4-19-6-7(15)5-9(16)17/h7H,2-6H2,1H3,(H,16,17)(H,12,13,14). The number of carboxylic acids is 1. The molecule has 0 bridgehead atoms. The van der Waals surface area contributed by atoms with E-state index in [4.69, 9.17) is 9.84 Å². The van der Waals surface area contributed by atoms with Gasteiger partial charge in [0.2, 0.25) is 5.82 Å². The van der Waals surface area contributed by atoms with E-state index in [1.165, 1.54) is 4.90 Å². The molecule has 1 fully saturated rings. The van der Waals surface area contributed by atoms with Crippen molar-refractivity contribution in [2.24, 2.45) is 0 Å². The summed E-state index contributed by atoms with van der Waals surface area (Å²) in [7, 11) is 0. The van der Waals surface area contributed by atoms with Crippen LogP contribution >= 0.6 is 0 Å². The number of aromatic amines is 1. The average molecular weight is 268 g/mol. The van der Waals surface area contributed by atoms with Gasteiger partial charge in [-0.2, -0.15) is 0 Å². The number of rotatable bonds is 4. The Morgan fingerprint density at radius 2 is 2.37 bits per heavy atom. The molecule has 104 valence electrons. The molecule has 1 saturated heterocycles. The van der Waals surface area contributed by atoms with Crippen LogP contribution in [-0.4, -0.2) is 62.9 Å². The van der Waals surface area contributed by atoms with Gasteiger partial charge in [-0.25, -0.2) is 4.98 Å². The highest BCUT2D eigenvalue weighted by Gasteiger charge is 2.31. The van der Waals surface area contributed by atoms with Crippen LogP contribution in [0.15, 0.2) is 0 Å². The fourth-order valence-electron chi connectivity index (χ4n) is 1.97. The van der Waals surface area contributed by atoms with E-state index in [1.807, 2.05) is 6.92 Å². The number of H-pyrrole nitrogens is 1. The Morgan fingerprint density at radius 3 is 3.00 bits per heavy atom. The molecule has 0 saturated carbocycles. The third kappa shape index (κ3) is 3.08. The molecule has 2 N–H and O–H groups in total. The second kappa shape index (κ2) is 5.79. The second-order valence-corrected chi connectivity index (χ2v) is 4.28. The summed E-state index contributed by atoms with van der Waals surface area (Å²) in [6, 6.07) is -0.470. The molecule has 0 aliphatic carbocycles. The smallest absolute Gasteiger partial charge is 0.305 e. The lowest BCUT2D eigenvalue weighted by Gasteiger charge is -2.33. The molecule has 2 rings (SSSR count). The molecule has 1 unspecified atom stereocenters. The number of carboxylic acid groups (broad SMARTS) is 1. The summed E-state index contributed by atoms with van der Waals surface area (Å²) < 4.78 is 5.22. The van der Waals surface area contributed by atoms with E-state index in [0.717, 1.165) is 0 Å². The fourth-order valence-corrected chi connectivity index (χ4v) is 1.97. The SMILES string of the molecule is CCc1nc(C(=O)N2CCOCC2CC(=O)O)n[nH]1. The first kappa shape index (κ1) is 13.5. The average Bonchev–Trinajstić information content (AvgIpc) is 2.86. The Balaban J connectivity index is 2.12. The summed E-state index contributed by atoms with van der Waals surface area (Å²) in [4.78, 5) is 28.6. The molecule has 2 heterocycles. The third-order valence-corrected chi connectivity index (χ3v) is 2.96. The topological polar surface area (TPSA) is 108 Å². The molecule has 1 aliphatic rings. The summed E-state index contributed by atoms with van der Waals surface area (Å²) in [6.45, 7) is 2.87.